The molecule has 0 spiro atoms. The number of anilines is 1. The summed E-state index contributed by atoms with van der Waals surface area (Å²) in [5.74, 6) is -0.160. The van der Waals surface area contributed by atoms with Crippen LogP contribution in [0.15, 0.2) is 24.3 Å². The summed E-state index contributed by atoms with van der Waals surface area (Å²) in [5, 5.41) is 3.45. The smallest absolute Gasteiger partial charge is 0.253 e. The number of amides is 1. The minimum absolute atomic E-state index is 0.160. The minimum atomic E-state index is -0.160. The van der Waals surface area contributed by atoms with E-state index in [1.807, 2.05) is 0 Å². The Balaban J connectivity index is 1.66. The largest absolute Gasteiger partial charge is 0.398 e. The normalized spacial score (nSPS) is 13.2. The molecule has 2 aromatic rings. The second kappa shape index (κ2) is 5.46. The van der Waals surface area contributed by atoms with Gasteiger partial charge in [0.15, 0.2) is 0 Å². The molecule has 0 bridgehead atoms. The fourth-order valence-corrected chi connectivity index (χ4v) is 3.86. The molecule has 20 heavy (non-hydrogen) atoms. The molecule has 0 aliphatic heterocycles. The molecule has 0 radical (unpaired) electrons. The Morgan fingerprint density at radius 1 is 1.35 bits per heavy atom. The predicted molar refractivity (Wildman–Crippen MR) is 83.4 cm³/mol. The van der Waals surface area contributed by atoms with Crippen molar-refractivity contribution in [3.63, 3.8) is 0 Å². The van der Waals surface area contributed by atoms with Gasteiger partial charge in [-0.05, 0) is 49.1 Å². The van der Waals surface area contributed by atoms with Crippen LogP contribution in [0.5, 0.6) is 0 Å². The monoisotopic (exact) mass is 306 g/mol. The van der Waals surface area contributed by atoms with Crippen molar-refractivity contribution in [2.75, 3.05) is 5.73 Å². The van der Waals surface area contributed by atoms with Gasteiger partial charge in [0.05, 0.1) is 12.1 Å². The molecule has 1 aliphatic rings. The molecule has 1 aromatic carbocycles. The molecule has 3 rings (SSSR count). The number of carbonyl (C=O) groups excluding carboxylic acids is 1. The lowest BCUT2D eigenvalue weighted by Crippen LogP contribution is -2.23. The van der Waals surface area contributed by atoms with E-state index in [9.17, 15) is 4.79 Å². The van der Waals surface area contributed by atoms with Gasteiger partial charge < -0.3 is 11.1 Å². The quantitative estimate of drug-likeness (QED) is 0.854. The minimum Gasteiger partial charge on any atom is -0.398 e. The molecule has 1 aromatic heterocycles. The second-order valence-electron chi connectivity index (χ2n) is 4.93. The third-order valence-corrected chi connectivity index (χ3v) is 4.95. The number of nitrogens with one attached hydrogen (secondary N) is 1. The van der Waals surface area contributed by atoms with E-state index in [4.69, 9.17) is 17.3 Å². The summed E-state index contributed by atoms with van der Waals surface area (Å²) >= 11 is 7.63. The summed E-state index contributed by atoms with van der Waals surface area (Å²) in [4.78, 5) is 14.8. The molecule has 1 aliphatic carbocycles. The summed E-state index contributed by atoms with van der Waals surface area (Å²) in [7, 11) is 0. The molecule has 104 valence electrons. The molecule has 1 heterocycles. The number of nitrogen functional groups attached to an aromatic ring is 1. The zero-order valence-electron chi connectivity index (χ0n) is 10.9. The molecular weight excluding hydrogens is 292 g/mol. The Hall–Kier alpha value is -1.52. The van der Waals surface area contributed by atoms with Gasteiger partial charge in [-0.25, -0.2) is 0 Å². The molecule has 1 amide bonds. The lowest BCUT2D eigenvalue weighted by Gasteiger charge is -2.07. The van der Waals surface area contributed by atoms with Crippen LogP contribution >= 0.6 is 22.9 Å². The highest BCUT2D eigenvalue weighted by molar-refractivity contribution is 7.12. The fourth-order valence-electron chi connectivity index (χ4n) is 2.48. The van der Waals surface area contributed by atoms with Crippen molar-refractivity contribution in [1.82, 2.24) is 5.32 Å². The lowest BCUT2D eigenvalue weighted by atomic mass is 10.1. The summed E-state index contributed by atoms with van der Waals surface area (Å²) in [6.45, 7) is 0.554. The average molecular weight is 307 g/mol. The average Bonchev–Trinajstić information content (AvgIpc) is 2.96. The van der Waals surface area contributed by atoms with Crippen LogP contribution in [-0.4, -0.2) is 5.91 Å². The van der Waals surface area contributed by atoms with E-state index < -0.39 is 0 Å². The van der Waals surface area contributed by atoms with Gasteiger partial charge in [0, 0.05) is 20.5 Å². The lowest BCUT2D eigenvalue weighted by molar-refractivity contribution is 0.0952. The first kappa shape index (κ1) is 13.5. The molecule has 0 unspecified atom stereocenters. The van der Waals surface area contributed by atoms with Crippen molar-refractivity contribution in [3.8, 4) is 0 Å². The van der Waals surface area contributed by atoms with Crippen molar-refractivity contribution in [2.45, 2.75) is 25.8 Å². The number of rotatable bonds is 3. The van der Waals surface area contributed by atoms with E-state index >= 15 is 0 Å². The number of carbonyl (C=O) groups is 1. The van der Waals surface area contributed by atoms with Crippen LogP contribution in [0.4, 0.5) is 5.69 Å². The third-order valence-electron chi connectivity index (χ3n) is 3.48. The maximum absolute atomic E-state index is 12.1. The highest BCUT2D eigenvalue weighted by Crippen LogP contribution is 2.30. The number of hydrogen-bond donors (Lipinski definition) is 2. The van der Waals surface area contributed by atoms with Crippen LogP contribution < -0.4 is 11.1 Å². The van der Waals surface area contributed by atoms with E-state index in [2.05, 4.69) is 11.4 Å². The number of thiophene rings is 1. The number of fused-ring (bicyclic) bond motifs is 1. The van der Waals surface area contributed by atoms with Crippen LogP contribution in [0, 0.1) is 0 Å². The summed E-state index contributed by atoms with van der Waals surface area (Å²) in [6.07, 6.45) is 3.61. The van der Waals surface area contributed by atoms with Gasteiger partial charge in [0.2, 0.25) is 0 Å². The van der Waals surface area contributed by atoms with Crippen molar-refractivity contribution in [2.24, 2.45) is 0 Å². The van der Waals surface area contributed by atoms with E-state index in [0.29, 0.717) is 22.8 Å². The molecular formula is C15H15ClN2OS. The fraction of sp³-hybridized carbons (Fsp3) is 0.267. The summed E-state index contributed by atoms with van der Waals surface area (Å²) < 4.78 is 0. The topological polar surface area (TPSA) is 55.1 Å². The maximum atomic E-state index is 12.1. The molecule has 3 nitrogen and oxygen atoms in total. The number of hydrogen-bond acceptors (Lipinski definition) is 3. The van der Waals surface area contributed by atoms with E-state index in [0.717, 1.165) is 0 Å². The first-order valence-corrected chi connectivity index (χ1v) is 7.76. The van der Waals surface area contributed by atoms with Crippen LogP contribution in [0.2, 0.25) is 5.02 Å². The Kier molecular flexibility index (Phi) is 3.68. The zero-order valence-corrected chi connectivity index (χ0v) is 12.5. The molecule has 0 fully saturated rings. The van der Waals surface area contributed by atoms with E-state index in [1.54, 1.807) is 29.5 Å². The van der Waals surface area contributed by atoms with Crippen molar-refractivity contribution < 1.29 is 4.79 Å². The first-order chi connectivity index (χ1) is 9.63. The van der Waals surface area contributed by atoms with E-state index in [1.165, 1.54) is 34.6 Å². The van der Waals surface area contributed by atoms with Gasteiger partial charge in [0.25, 0.3) is 5.91 Å². The van der Waals surface area contributed by atoms with Crippen molar-refractivity contribution >= 4 is 34.5 Å². The molecule has 0 atom stereocenters. The molecule has 0 saturated carbocycles. The van der Waals surface area contributed by atoms with Crippen molar-refractivity contribution in [1.29, 1.82) is 0 Å². The SMILES string of the molecule is Nc1cc(Cl)ccc1C(=O)NCc1cc2c(s1)CCC2. The Bertz CT molecular complexity index is 644. The Morgan fingerprint density at radius 3 is 2.95 bits per heavy atom. The van der Waals surface area contributed by atoms with Gasteiger partial charge in [-0.1, -0.05) is 11.6 Å². The van der Waals surface area contributed by atoms with Gasteiger partial charge in [-0.15, -0.1) is 11.3 Å². The van der Waals surface area contributed by atoms with Crippen LogP contribution in [0.25, 0.3) is 0 Å². The van der Waals surface area contributed by atoms with Gasteiger partial charge in [0.1, 0.15) is 0 Å². The first-order valence-electron chi connectivity index (χ1n) is 6.57. The summed E-state index contributed by atoms with van der Waals surface area (Å²) in [6, 6.07) is 7.13. The molecule has 5 heteroatoms. The predicted octanol–water partition coefficient (Wildman–Crippen LogP) is 3.40. The van der Waals surface area contributed by atoms with Crippen LogP contribution in [-0.2, 0) is 19.4 Å². The standard InChI is InChI=1S/C15H15ClN2OS/c16-10-4-5-12(13(17)7-10)15(19)18-8-11-6-9-2-1-3-14(9)20-11/h4-7H,1-3,8,17H2,(H,18,19). The second-order valence-corrected chi connectivity index (χ2v) is 6.59. The van der Waals surface area contributed by atoms with Crippen molar-refractivity contribution in [3.05, 3.63) is 50.2 Å². The molecule has 3 N–H and O–H groups in total. The highest BCUT2D eigenvalue weighted by atomic mass is 35.5. The van der Waals surface area contributed by atoms with Gasteiger partial charge >= 0.3 is 0 Å². The molecule has 0 saturated heterocycles. The van der Waals surface area contributed by atoms with E-state index in [-0.39, 0.29) is 5.91 Å². The zero-order chi connectivity index (χ0) is 14.1. The number of halogens is 1. The highest BCUT2D eigenvalue weighted by Gasteiger charge is 2.15. The number of benzene rings is 1. The Labute approximate surface area is 126 Å². The van der Waals surface area contributed by atoms with Crippen LogP contribution in [0.1, 0.15) is 32.1 Å². The van der Waals surface area contributed by atoms with Gasteiger partial charge in [-0.3, -0.25) is 4.79 Å². The number of aryl methyl sites for hydroxylation is 2. The van der Waals surface area contributed by atoms with Gasteiger partial charge in [-0.2, -0.15) is 0 Å². The third kappa shape index (κ3) is 2.67. The summed E-state index contributed by atoms with van der Waals surface area (Å²) in [5.41, 5.74) is 8.13. The number of nitrogens with two attached hydrogens (primary N) is 1. The maximum Gasteiger partial charge on any atom is 0.253 e. The Morgan fingerprint density at radius 2 is 2.20 bits per heavy atom. The van der Waals surface area contributed by atoms with Crippen LogP contribution in [0.3, 0.4) is 0 Å².